The molecule has 0 saturated carbocycles. The Hall–Kier alpha value is -2.23. The van der Waals surface area contributed by atoms with Gasteiger partial charge in [0.1, 0.15) is 11.4 Å². The summed E-state index contributed by atoms with van der Waals surface area (Å²) < 4.78 is 37.8. The zero-order valence-corrected chi connectivity index (χ0v) is 14.5. The van der Waals surface area contributed by atoms with Gasteiger partial charge in [-0.05, 0) is 30.3 Å². The number of hydrogen-bond donors (Lipinski definition) is 1. The van der Waals surface area contributed by atoms with Crippen molar-refractivity contribution >= 4 is 17.4 Å². The lowest BCUT2D eigenvalue weighted by molar-refractivity contribution is -0.137. The minimum absolute atomic E-state index is 0.378. The molecule has 0 unspecified atom stereocenters. The molecule has 7 heteroatoms. The van der Waals surface area contributed by atoms with Crippen molar-refractivity contribution in [1.82, 2.24) is 4.98 Å². The number of aromatic nitrogens is 1. The fourth-order valence-electron chi connectivity index (χ4n) is 2.73. The molecular weight excluding hydrogens is 365 g/mol. The summed E-state index contributed by atoms with van der Waals surface area (Å²) in [5, 5.41) is 11.2. The molecule has 0 bridgehead atoms. The van der Waals surface area contributed by atoms with Gasteiger partial charge >= 0.3 is 6.18 Å². The van der Waals surface area contributed by atoms with Crippen molar-refractivity contribution in [3.63, 3.8) is 0 Å². The van der Waals surface area contributed by atoms with E-state index in [2.05, 4.69) is 16.8 Å². The zero-order chi connectivity index (χ0) is 18.8. The van der Waals surface area contributed by atoms with E-state index >= 15 is 0 Å². The first-order valence-electron chi connectivity index (χ1n) is 8.05. The maximum atomic E-state index is 12.6. The SMILES string of the molecule is OC1(C#Cc2cccc(Cl)c2)CCN(c2ccc(C(F)(F)F)cn2)CC1. The van der Waals surface area contributed by atoms with Gasteiger partial charge in [0, 0.05) is 42.7 Å². The Kier molecular flexibility index (Phi) is 5.12. The molecule has 1 saturated heterocycles. The molecule has 136 valence electrons. The average Bonchev–Trinajstić information content (AvgIpc) is 2.60. The largest absolute Gasteiger partial charge is 0.417 e. The highest BCUT2D eigenvalue weighted by Gasteiger charge is 2.33. The van der Waals surface area contributed by atoms with Crippen molar-refractivity contribution in [2.45, 2.75) is 24.6 Å². The van der Waals surface area contributed by atoms with Crippen molar-refractivity contribution in [3.8, 4) is 11.8 Å². The fourth-order valence-corrected chi connectivity index (χ4v) is 2.92. The Labute approximate surface area is 154 Å². The van der Waals surface area contributed by atoms with Crippen LogP contribution >= 0.6 is 11.6 Å². The summed E-state index contributed by atoms with van der Waals surface area (Å²) in [6.07, 6.45) is -2.81. The van der Waals surface area contributed by atoms with E-state index in [1.165, 1.54) is 6.07 Å². The number of nitrogens with zero attached hydrogens (tertiary/aromatic N) is 2. The van der Waals surface area contributed by atoms with Gasteiger partial charge in [0.25, 0.3) is 0 Å². The lowest BCUT2D eigenvalue weighted by Gasteiger charge is -2.35. The van der Waals surface area contributed by atoms with Gasteiger partial charge < -0.3 is 10.0 Å². The van der Waals surface area contributed by atoms with Crippen LogP contribution < -0.4 is 4.90 Å². The Morgan fingerprint density at radius 2 is 1.88 bits per heavy atom. The van der Waals surface area contributed by atoms with E-state index in [4.69, 9.17) is 11.6 Å². The van der Waals surface area contributed by atoms with Crippen LogP contribution in [0.25, 0.3) is 0 Å². The van der Waals surface area contributed by atoms with Crippen molar-refractivity contribution in [2.75, 3.05) is 18.0 Å². The van der Waals surface area contributed by atoms with Crippen LogP contribution in [-0.2, 0) is 6.18 Å². The highest BCUT2D eigenvalue weighted by Crippen LogP contribution is 2.30. The number of aliphatic hydroxyl groups is 1. The normalized spacial score (nSPS) is 16.7. The number of rotatable bonds is 1. The lowest BCUT2D eigenvalue weighted by Crippen LogP contribution is -2.44. The van der Waals surface area contributed by atoms with Gasteiger partial charge in [-0.1, -0.05) is 29.5 Å². The van der Waals surface area contributed by atoms with Gasteiger partial charge in [0.05, 0.1) is 5.56 Å². The van der Waals surface area contributed by atoms with Crippen LogP contribution in [0.5, 0.6) is 0 Å². The van der Waals surface area contributed by atoms with Gasteiger partial charge in [0.15, 0.2) is 0 Å². The van der Waals surface area contributed by atoms with E-state index in [9.17, 15) is 18.3 Å². The summed E-state index contributed by atoms with van der Waals surface area (Å²) in [5.41, 5.74) is -1.19. The number of piperidine rings is 1. The van der Waals surface area contributed by atoms with Crippen LogP contribution in [-0.4, -0.2) is 28.8 Å². The summed E-state index contributed by atoms with van der Waals surface area (Å²) in [6.45, 7) is 0.915. The molecule has 3 rings (SSSR count). The lowest BCUT2D eigenvalue weighted by atomic mass is 9.91. The van der Waals surface area contributed by atoms with Gasteiger partial charge in [-0.2, -0.15) is 13.2 Å². The van der Waals surface area contributed by atoms with Crippen LogP contribution in [0.1, 0.15) is 24.0 Å². The highest BCUT2D eigenvalue weighted by atomic mass is 35.5. The molecule has 0 atom stereocenters. The van der Waals surface area contributed by atoms with Crippen LogP contribution in [0.3, 0.4) is 0 Å². The second-order valence-electron chi connectivity index (χ2n) is 6.18. The minimum atomic E-state index is -4.40. The maximum absolute atomic E-state index is 12.6. The summed E-state index contributed by atoms with van der Waals surface area (Å²) in [5.74, 6) is 6.29. The summed E-state index contributed by atoms with van der Waals surface area (Å²) in [4.78, 5) is 5.74. The van der Waals surface area contributed by atoms with Crippen LogP contribution in [0.4, 0.5) is 19.0 Å². The van der Waals surface area contributed by atoms with Gasteiger partial charge in [-0.3, -0.25) is 0 Å². The fraction of sp³-hybridized carbons (Fsp3) is 0.316. The number of alkyl halides is 3. The van der Waals surface area contributed by atoms with Crippen molar-refractivity contribution in [1.29, 1.82) is 0 Å². The monoisotopic (exact) mass is 380 g/mol. The quantitative estimate of drug-likeness (QED) is 0.755. The number of pyridine rings is 1. The third kappa shape index (κ3) is 4.48. The summed E-state index contributed by atoms with van der Waals surface area (Å²) in [6, 6.07) is 9.43. The number of hydrogen-bond acceptors (Lipinski definition) is 3. The number of anilines is 1. The van der Waals surface area contributed by atoms with Crippen molar-refractivity contribution < 1.29 is 18.3 Å². The second kappa shape index (κ2) is 7.18. The average molecular weight is 381 g/mol. The van der Waals surface area contributed by atoms with E-state index in [1.54, 1.807) is 18.2 Å². The molecule has 2 aromatic rings. The van der Waals surface area contributed by atoms with E-state index in [1.807, 2.05) is 11.0 Å². The third-order valence-electron chi connectivity index (χ3n) is 4.25. The first-order chi connectivity index (χ1) is 12.3. The van der Waals surface area contributed by atoms with Gasteiger partial charge in [-0.25, -0.2) is 4.98 Å². The van der Waals surface area contributed by atoms with E-state index in [-0.39, 0.29) is 0 Å². The molecule has 0 radical (unpaired) electrons. The molecule has 0 amide bonds. The van der Waals surface area contributed by atoms with Crippen LogP contribution in [0.15, 0.2) is 42.6 Å². The molecule has 1 aromatic heterocycles. The summed E-state index contributed by atoms with van der Waals surface area (Å²) in [7, 11) is 0. The Morgan fingerprint density at radius 3 is 2.46 bits per heavy atom. The van der Waals surface area contributed by atoms with Crippen LogP contribution in [0.2, 0.25) is 5.02 Å². The predicted molar refractivity (Wildman–Crippen MR) is 94.0 cm³/mol. The van der Waals surface area contributed by atoms with Gasteiger partial charge in [0.2, 0.25) is 0 Å². The molecular formula is C19H16ClF3N2O. The molecule has 0 aliphatic carbocycles. The van der Waals surface area contributed by atoms with E-state index in [0.717, 1.165) is 17.8 Å². The first-order valence-corrected chi connectivity index (χ1v) is 8.42. The smallest absolute Gasteiger partial charge is 0.377 e. The van der Waals surface area contributed by atoms with E-state index in [0.29, 0.717) is 36.8 Å². The Morgan fingerprint density at radius 1 is 1.15 bits per heavy atom. The van der Waals surface area contributed by atoms with Crippen LogP contribution in [0, 0.1) is 11.8 Å². The predicted octanol–water partition coefficient (Wildman–Crippen LogP) is 4.14. The highest BCUT2D eigenvalue weighted by molar-refractivity contribution is 6.30. The summed E-state index contributed by atoms with van der Waals surface area (Å²) >= 11 is 5.91. The maximum Gasteiger partial charge on any atom is 0.417 e. The molecule has 2 heterocycles. The molecule has 1 aliphatic heterocycles. The van der Waals surface area contributed by atoms with E-state index < -0.39 is 17.3 Å². The van der Waals surface area contributed by atoms with Gasteiger partial charge in [-0.15, -0.1) is 0 Å². The first kappa shape index (κ1) is 18.6. The molecule has 1 fully saturated rings. The second-order valence-corrected chi connectivity index (χ2v) is 6.62. The minimum Gasteiger partial charge on any atom is -0.377 e. The standard InChI is InChI=1S/C19H16ClF3N2O/c20-16-3-1-2-14(12-16)6-7-18(26)8-10-25(11-9-18)17-5-4-15(13-24-17)19(21,22)23/h1-5,12-13,26H,8-11H2. The molecule has 26 heavy (non-hydrogen) atoms. The Bertz CT molecular complexity index is 832. The third-order valence-corrected chi connectivity index (χ3v) is 4.49. The van der Waals surface area contributed by atoms with Crippen molar-refractivity contribution in [2.24, 2.45) is 0 Å². The number of halogens is 4. The number of benzene rings is 1. The zero-order valence-electron chi connectivity index (χ0n) is 13.7. The molecule has 1 aliphatic rings. The molecule has 1 N–H and O–H groups in total. The van der Waals surface area contributed by atoms with Crippen molar-refractivity contribution in [3.05, 3.63) is 58.7 Å². The molecule has 0 spiro atoms. The molecule has 1 aromatic carbocycles. The topological polar surface area (TPSA) is 36.4 Å². The molecule has 3 nitrogen and oxygen atoms in total. The Balaban J connectivity index is 1.65.